The van der Waals surface area contributed by atoms with Crippen molar-refractivity contribution in [3.8, 4) is 0 Å². The highest BCUT2D eigenvalue weighted by Gasteiger charge is 2.17. The van der Waals surface area contributed by atoms with Crippen molar-refractivity contribution < 1.29 is 0 Å². The van der Waals surface area contributed by atoms with Gasteiger partial charge in [-0.2, -0.15) is 0 Å². The minimum Gasteiger partial charge on any atom is -0.369 e. The van der Waals surface area contributed by atoms with Gasteiger partial charge in [0.15, 0.2) is 0 Å². The van der Waals surface area contributed by atoms with Crippen LogP contribution in [0.5, 0.6) is 0 Å². The largest absolute Gasteiger partial charge is 0.369 e. The fourth-order valence-corrected chi connectivity index (χ4v) is 2.48. The summed E-state index contributed by atoms with van der Waals surface area (Å²) in [5.74, 6) is 0. The summed E-state index contributed by atoms with van der Waals surface area (Å²) in [7, 11) is 0. The van der Waals surface area contributed by atoms with E-state index >= 15 is 0 Å². The number of anilines is 1. The van der Waals surface area contributed by atoms with E-state index in [2.05, 4.69) is 16.7 Å². The van der Waals surface area contributed by atoms with Crippen LogP contribution in [0.15, 0.2) is 18.2 Å². The molecule has 0 aliphatic carbocycles. The van der Waals surface area contributed by atoms with Crippen LogP contribution in [0.4, 0.5) is 5.69 Å². The Bertz CT molecular complexity index is 373. The second-order valence-electron chi connectivity index (χ2n) is 4.40. The van der Waals surface area contributed by atoms with Gasteiger partial charge in [-0.05, 0) is 24.2 Å². The van der Waals surface area contributed by atoms with Gasteiger partial charge in [-0.3, -0.25) is 0 Å². The van der Waals surface area contributed by atoms with Gasteiger partial charge < -0.3 is 15.5 Å². The van der Waals surface area contributed by atoms with E-state index in [1.54, 1.807) is 0 Å². The minimum absolute atomic E-state index is 0.570. The van der Waals surface area contributed by atoms with Crippen LogP contribution in [0.25, 0.3) is 0 Å². The molecule has 1 heterocycles. The molecular formula is C13H20ClN3. The average Bonchev–Trinajstić information content (AvgIpc) is 2.39. The van der Waals surface area contributed by atoms with Crippen molar-refractivity contribution in [1.82, 2.24) is 4.90 Å². The zero-order chi connectivity index (χ0) is 12.3. The van der Waals surface area contributed by atoms with Gasteiger partial charge in [0.05, 0.1) is 0 Å². The third-order valence-electron chi connectivity index (χ3n) is 3.43. The van der Waals surface area contributed by atoms with Gasteiger partial charge in [-0.25, -0.2) is 0 Å². The molecule has 17 heavy (non-hydrogen) atoms. The number of nitrogens with zero attached hydrogens (tertiary/aromatic N) is 2. The lowest BCUT2D eigenvalue weighted by Crippen LogP contribution is -2.46. The molecule has 0 unspecified atom stereocenters. The van der Waals surface area contributed by atoms with Crippen molar-refractivity contribution in [1.29, 1.82) is 0 Å². The molecule has 4 heteroatoms. The molecule has 3 nitrogen and oxygen atoms in total. The highest BCUT2D eigenvalue weighted by atomic mass is 35.5. The second kappa shape index (κ2) is 5.71. The first-order valence-corrected chi connectivity index (χ1v) is 6.58. The average molecular weight is 254 g/mol. The summed E-state index contributed by atoms with van der Waals surface area (Å²) in [6.45, 7) is 8.26. The smallest absolute Gasteiger partial charge is 0.0427 e. The second-order valence-corrected chi connectivity index (χ2v) is 4.83. The summed E-state index contributed by atoms with van der Waals surface area (Å²) in [5.41, 5.74) is 8.17. The fourth-order valence-electron chi connectivity index (χ4n) is 2.31. The predicted molar refractivity (Wildman–Crippen MR) is 73.7 cm³/mol. The molecule has 0 bridgehead atoms. The predicted octanol–water partition coefficient (Wildman–Crippen LogP) is 1.94. The van der Waals surface area contributed by atoms with Crippen molar-refractivity contribution in [2.24, 2.45) is 5.73 Å². The zero-order valence-corrected chi connectivity index (χ0v) is 11.1. The molecule has 94 valence electrons. The molecule has 1 fully saturated rings. The van der Waals surface area contributed by atoms with E-state index in [-0.39, 0.29) is 0 Å². The third kappa shape index (κ3) is 2.92. The van der Waals surface area contributed by atoms with E-state index < -0.39 is 0 Å². The Morgan fingerprint density at radius 2 is 1.94 bits per heavy atom. The van der Waals surface area contributed by atoms with Gasteiger partial charge in [-0.15, -0.1) is 0 Å². The quantitative estimate of drug-likeness (QED) is 0.894. The molecule has 0 saturated carbocycles. The molecule has 2 rings (SSSR count). The Balaban J connectivity index is 2.14. The number of likely N-dealkylation sites (N-methyl/N-ethyl adjacent to an activating group) is 1. The van der Waals surface area contributed by atoms with Crippen molar-refractivity contribution in [2.45, 2.75) is 13.5 Å². The Morgan fingerprint density at radius 1 is 1.24 bits per heavy atom. The van der Waals surface area contributed by atoms with Crippen molar-refractivity contribution >= 4 is 17.3 Å². The summed E-state index contributed by atoms with van der Waals surface area (Å²) in [6, 6.07) is 5.98. The van der Waals surface area contributed by atoms with Crippen molar-refractivity contribution in [3.63, 3.8) is 0 Å². The standard InChI is InChI=1S/C13H20ClN3/c1-2-16-5-7-17(8-6-16)13-9-12(14)4-3-11(13)10-15/h3-4,9H,2,5-8,10,15H2,1H3. The van der Waals surface area contributed by atoms with Crippen molar-refractivity contribution in [3.05, 3.63) is 28.8 Å². The SMILES string of the molecule is CCN1CCN(c2cc(Cl)ccc2CN)CC1. The van der Waals surface area contributed by atoms with Crippen LogP contribution in [0.1, 0.15) is 12.5 Å². The molecule has 1 aliphatic rings. The molecule has 0 atom stereocenters. The topological polar surface area (TPSA) is 32.5 Å². The maximum Gasteiger partial charge on any atom is 0.0427 e. The third-order valence-corrected chi connectivity index (χ3v) is 3.66. The van der Waals surface area contributed by atoms with Crippen LogP contribution in [0.3, 0.4) is 0 Å². The molecule has 2 N–H and O–H groups in total. The first kappa shape index (κ1) is 12.7. The van der Waals surface area contributed by atoms with Crippen LogP contribution < -0.4 is 10.6 Å². The Hall–Kier alpha value is -0.770. The van der Waals surface area contributed by atoms with E-state index in [4.69, 9.17) is 17.3 Å². The van der Waals surface area contributed by atoms with E-state index in [1.807, 2.05) is 18.2 Å². The lowest BCUT2D eigenvalue weighted by Gasteiger charge is -2.36. The maximum atomic E-state index is 6.07. The normalized spacial score (nSPS) is 17.5. The number of nitrogens with two attached hydrogens (primary N) is 1. The Kier molecular flexibility index (Phi) is 4.26. The summed E-state index contributed by atoms with van der Waals surface area (Å²) in [5, 5.41) is 0.787. The van der Waals surface area contributed by atoms with Crippen LogP contribution >= 0.6 is 11.6 Å². The monoisotopic (exact) mass is 253 g/mol. The van der Waals surface area contributed by atoms with E-state index in [0.29, 0.717) is 6.54 Å². The van der Waals surface area contributed by atoms with E-state index in [9.17, 15) is 0 Å². The zero-order valence-electron chi connectivity index (χ0n) is 10.3. The van der Waals surface area contributed by atoms with E-state index in [1.165, 1.54) is 11.3 Å². The Labute approximate surface area is 108 Å². The lowest BCUT2D eigenvalue weighted by molar-refractivity contribution is 0.271. The molecule has 1 aliphatic heterocycles. The number of hydrogen-bond donors (Lipinski definition) is 1. The summed E-state index contributed by atoms with van der Waals surface area (Å²) < 4.78 is 0. The van der Waals surface area contributed by atoms with Gasteiger partial charge in [0, 0.05) is 43.4 Å². The molecule has 0 amide bonds. The first-order chi connectivity index (χ1) is 8.24. The van der Waals surface area contributed by atoms with Crippen molar-refractivity contribution in [2.75, 3.05) is 37.6 Å². The number of hydrogen-bond acceptors (Lipinski definition) is 3. The van der Waals surface area contributed by atoms with Crippen LogP contribution in [0, 0.1) is 0 Å². The number of piperazine rings is 1. The molecule has 1 aromatic rings. The number of benzene rings is 1. The van der Waals surface area contributed by atoms with Crippen LogP contribution in [0.2, 0.25) is 5.02 Å². The highest BCUT2D eigenvalue weighted by Crippen LogP contribution is 2.25. The highest BCUT2D eigenvalue weighted by molar-refractivity contribution is 6.30. The molecular weight excluding hydrogens is 234 g/mol. The molecule has 0 aromatic heterocycles. The molecule has 0 radical (unpaired) electrons. The minimum atomic E-state index is 0.570. The summed E-state index contributed by atoms with van der Waals surface area (Å²) in [4.78, 5) is 4.85. The fraction of sp³-hybridized carbons (Fsp3) is 0.538. The van der Waals surface area contributed by atoms with Gasteiger partial charge in [0.1, 0.15) is 0 Å². The summed E-state index contributed by atoms with van der Waals surface area (Å²) in [6.07, 6.45) is 0. The Morgan fingerprint density at radius 3 is 2.53 bits per heavy atom. The van der Waals surface area contributed by atoms with Gasteiger partial charge >= 0.3 is 0 Å². The van der Waals surface area contributed by atoms with Gasteiger partial charge in [-0.1, -0.05) is 24.6 Å². The molecule has 0 spiro atoms. The molecule has 1 aromatic carbocycles. The van der Waals surface area contributed by atoms with Crippen LogP contribution in [-0.4, -0.2) is 37.6 Å². The van der Waals surface area contributed by atoms with Gasteiger partial charge in [0.25, 0.3) is 0 Å². The van der Waals surface area contributed by atoms with E-state index in [0.717, 1.165) is 37.7 Å². The number of halogens is 1. The molecule has 1 saturated heterocycles. The first-order valence-electron chi connectivity index (χ1n) is 6.20. The number of rotatable bonds is 3. The van der Waals surface area contributed by atoms with Gasteiger partial charge in [0.2, 0.25) is 0 Å². The summed E-state index contributed by atoms with van der Waals surface area (Å²) >= 11 is 6.07. The van der Waals surface area contributed by atoms with Crippen LogP contribution in [-0.2, 0) is 6.54 Å². The lowest BCUT2D eigenvalue weighted by atomic mass is 10.1. The maximum absolute atomic E-state index is 6.07.